The molecule has 3 rings (SSSR count). The molecule has 5 nitrogen and oxygen atoms in total. The van der Waals surface area contributed by atoms with Gasteiger partial charge in [-0.05, 0) is 50.3 Å². The fourth-order valence-electron chi connectivity index (χ4n) is 3.11. The van der Waals surface area contributed by atoms with Crippen LogP contribution in [0.4, 0.5) is 5.69 Å². The summed E-state index contributed by atoms with van der Waals surface area (Å²) in [6.45, 7) is 9.11. The minimum atomic E-state index is 0.802. The van der Waals surface area contributed by atoms with E-state index in [1.165, 1.54) is 11.3 Å². The van der Waals surface area contributed by atoms with Crippen molar-refractivity contribution in [3.05, 3.63) is 45.7 Å². The Hall–Kier alpha value is -1.44. The largest absolute Gasteiger partial charge is 0.346 e. The zero-order chi connectivity index (χ0) is 18.0. The molecule has 1 saturated heterocycles. The number of thiocarbonyl (C=S) groups is 1. The number of piperazine rings is 1. The number of benzene rings is 1. The molecule has 0 saturated carbocycles. The second kappa shape index (κ2) is 7.85. The fourth-order valence-corrected chi connectivity index (χ4v) is 3.68. The average molecular weight is 422 g/mol. The van der Waals surface area contributed by atoms with Crippen molar-refractivity contribution < 1.29 is 0 Å². The molecule has 7 heteroatoms. The van der Waals surface area contributed by atoms with E-state index in [4.69, 9.17) is 12.2 Å². The molecule has 1 aromatic carbocycles. The second-order valence-corrected chi connectivity index (χ2v) is 7.78. The third-order valence-electron chi connectivity index (χ3n) is 4.80. The van der Waals surface area contributed by atoms with Gasteiger partial charge in [-0.15, -0.1) is 0 Å². The number of nitrogens with zero attached hydrogens (tertiary/aromatic N) is 4. The minimum absolute atomic E-state index is 0.802. The van der Waals surface area contributed by atoms with Gasteiger partial charge in [-0.25, -0.2) is 0 Å². The van der Waals surface area contributed by atoms with Crippen molar-refractivity contribution in [3.63, 3.8) is 0 Å². The van der Waals surface area contributed by atoms with Crippen LogP contribution >= 0.6 is 28.1 Å². The highest BCUT2D eigenvalue weighted by molar-refractivity contribution is 9.10. The number of aryl methyl sites for hydroxylation is 2. The average Bonchev–Trinajstić information content (AvgIpc) is 2.84. The first kappa shape index (κ1) is 18.4. The highest BCUT2D eigenvalue weighted by Crippen LogP contribution is 2.17. The molecule has 0 bridgehead atoms. The first-order chi connectivity index (χ1) is 11.9. The van der Waals surface area contributed by atoms with Gasteiger partial charge in [0.25, 0.3) is 0 Å². The summed E-state index contributed by atoms with van der Waals surface area (Å²) >= 11 is 9.02. The van der Waals surface area contributed by atoms with Crippen LogP contribution in [0, 0.1) is 13.8 Å². The van der Waals surface area contributed by atoms with Crippen molar-refractivity contribution >= 4 is 38.9 Å². The highest BCUT2D eigenvalue weighted by Gasteiger charge is 2.21. The zero-order valence-electron chi connectivity index (χ0n) is 14.9. The van der Waals surface area contributed by atoms with Gasteiger partial charge in [-0.2, -0.15) is 5.10 Å². The van der Waals surface area contributed by atoms with Gasteiger partial charge in [0.2, 0.25) is 0 Å². The van der Waals surface area contributed by atoms with Gasteiger partial charge in [0.05, 0.1) is 5.69 Å². The Morgan fingerprint density at radius 2 is 1.80 bits per heavy atom. The Bertz CT molecular complexity index is 748. The minimum Gasteiger partial charge on any atom is -0.346 e. The number of hydrogen-bond acceptors (Lipinski definition) is 3. The molecular weight excluding hydrogens is 398 g/mol. The molecule has 1 aromatic heterocycles. The van der Waals surface area contributed by atoms with E-state index in [1.807, 2.05) is 36.0 Å². The van der Waals surface area contributed by atoms with Crippen molar-refractivity contribution in [2.45, 2.75) is 20.4 Å². The quantitative estimate of drug-likeness (QED) is 0.769. The summed E-state index contributed by atoms with van der Waals surface area (Å²) in [4.78, 5) is 4.73. The van der Waals surface area contributed by atoms with Crippen LogP contribution < -0.4 is 5.32 Å². The molecule has 2 aromatic rings. The van der Waals surface area contributed by atoms with Crippen molar-refractivity contribution in [2.75, 3.05) is 31.5 Å². The Balaban J connectivity index is 1.53. The van der Waals surface area contributed by atoms with Crippen LogP contribution in [0.15, 0.2) is 28.7 Å². The Labute approximate surface area is 163 Å². The van der Waals surface area contributed by atoms with Gasteiger partial charge in [-0.1, -0.05) is 15.9 Å². The summed E-state index contributed by atoms with van der Waals surface area (Å²) in [5.41, 5.74) is 4.77. The van der Waals surface area contributed by atoms with Crippen LogP contribution in [0.5, 0.6) is 0 Å². The molecule has 134 valence electrons. The maximum absolute atomic E-state index is 5.57. The Kier molecular flexibility index (Phi) is 5.76. The van der Waals surface area contributed by atoms with E-state index in [9.17, 15) is 0 Å². The van der Waals surface area contributed by atoms with Gasteiger partial charge in [0, 0.05) is 61.2 Å². The summed E-state index contributed by atoms with van der Waals surface area (Å²) in [5, 5.41) is 8.65. The van der Waals surface area contributed by atoms with E-state index >= 15 is 0 Å². The van der Waals surface area contributed by atoms with Crippen LogP contribution in [0.25, 0.3) is 0 Å². The maximum atomic E-state index is 5.57. The van der Waals surface area contributed by atoms with Crippen LogP contribution in [-0.2, 0) is 13.6 Å². The molecule has 2 heterocycles. The van der Waals surface area contributed by atoms with Gasteiger partial charge in [-0.3, -0.25) is 9.58 Å². The SMILES string of the molecule is Cc1nn(C)c(C)c1CN1CCN(C(=S)Nc2ccc(Br)cc2)CC1. The number of nitrogens with one attached hydrogen (secondary N) is 1. The van der Waals surface area contributed by atoms with Gasteiger partial charge < -0.3 is 10.2 Å². The lowest BCUT2D eigenvalue weighted by atomic mass is 10.1. The lowest BCUT2D eigenvalue weighted by Gasteiger charge is -2.36. The normalized spacial score (nSPS) is 15.4. The molecule has 0 radical (unpaired) electrons. The molecule has 1 fully saturated rings. The molecule has 0 atom stereocenters. The number of aromatic nitrogens is 2. The topological polar surface area (TPSA) is 36.3 Å². The molecule has 0 amide bonds. The summed E-state index contributed by atoms with van der Waals surface area (Å²) < 4.78 is 3.04. The van der Waals surface area contributed by atoms with E-state index in [2.05, 4.69) is 50.0 Å². The number of anilines is 1. The first-order valence-electron chi connectivity index (χ1n) is 8.47. The van der Waals surface area contributed by atoms with E-state index in [-0.39, 0.29) is 0 Å². The number of hydrogen-bond donors (Lipinski definition) is 1. The highest BCUT2D eigenvalue weighted by atomic mass is 79.9. The summed E-state index contributed by atoms with van der Waals surface area (Å²) in [5.74, 6) is 0. The van der Waals surface area contributed by atoms with E-state index < -0.39 is 0 Å². The van der Waals surface area contributed by atoms with Crippen molar-refractivity contribution in [3.8, 4) is 0 Å². The predicted molar refractivity (Wildman–Crippen MR) is 110 cm³/mol. The zero-order valence-corrected chi connectivity index (χ0v) is 17.3. The van der Waals surface area contributed by atoms with Crippen molar-refractivity contribution in [2.24, 2.45) is 7.05 Å². The Morgan fingerprint density at radius 3 is 2.36 bits per heavy atom. The summed E-state index contributed by atoms with van der Waals surface area (Å²) in [6, 6.07) is 8.09. The van der Waals surface area contributed by atoms with Crippen LogP contribution in [-0.4, -0.2) is 50.9 Å². The third-order valence-corrected chi connectivity index (χ3v) is 5.68. The predicted octanol–water partition coefficient (Wildman–Crippen LogP) is 3.31. The standard InChI is InChI=1S/C18H24BrN5S/c1-13-17(14(2)22(3)21-13)12-23-8-10-24(11-9-23)18(25)20-16-6-4-15(19)5-7-16/h4-7H,8-12H2,1-3H3,(H,20,25). The van der Waals surface area contributed by atoms with E-state index in [0.717, 1.165) is 53.7 Å². The molecule has 1 N–H and O–H groups in total. The first-order valence-corrected chi connectivity index (χ1v) is 9.67. The summed E-state index contributed by atoms with van der Waals surface area (Å²) in [7, 11) is 2.01. The lowest BCUT2D eigenvalue weighted by Crippen LogP contribution is -2.49. The molecule has 1 aliphatic heterocycles. The molecule has 1 aliphatic rings. The smallest absolute Gasteiger partial charge is 0.173 e. The van der Waals surface area contributed by atoms with E-state index in [0.29, 0.717) is 0 Å². The molecule has 0 aliphatic carbocycles. The molecule has 0 spiro atoms. The van der Waals surface area contributed by atoms with Crippen LogP contribution in [0.2, 0.25) is 0 Å². The van der Waals surface area contributed by atoms with Crippen molar-refractivity contribution in [1.29, 1.82) is 0 Å². The molecule has 0 unspecified atom stereocenters. The van der Waals surface area contributed by atoms with Crippen LogP contribution in [0.3, 0.4) is 0 Å². The van der Waals surface area contributed by atoms with Crippen LogP contribution in [0.1, 0.15) is 17.0 Å². The third kappa shape index (κ3) is 4.40. The second-order valence-electron chi connectivity index (χ2n) is 6.47. The van der Waals surface area contributed by atoms with Gasteiger partial charge >= 0.3 is 0 Å². The Morgan fingerprint density at radius 1 is 1.16 bits per heavy atom. The monoisotopic (exact) mass is 421 g/mol. The van der Waals surface area contributed by atoms with Crippen molar-refractivity contribution in [1.82, 2.24) is 19.6 Å². The number of rotatable bonds is 3. The van der Waals surface area contributed by atoms with E-state index in [1.54, 1.807) is 0 Å². The van der Waals surface area contributed by atoms with Gasteiger partial charge in [0.15, 0.2) is 5.11 Å². The summed E-state index contributed by atoms with van der Waals surface area (Å²) in [6.07, 6.45) is 0. The fraction of sp³-hybridized carbons (Fsp3) is 0.444. The maximum Gasteiger partial charge on any atom is 0.173 e. The lowest BCUT2D eigenvalue weighted by molar-refractivity contribution is 0.176. The molecular formula is C18H24BrN5S. The number of halogens is 1. The van der Waals surface area contributed by atoms with Gasteiger partial charge in [0.1, 0.15) is 0 Å². The molecule has 25 heavy (non-hydrogen) atoms.